The molecule has 0 spiro atoms. The molecule has 3 rings (SSSR count). The Hall–Kier alpha value is -2.53. The maximum absolute atomic E-state index is 12.8. The van der Waals surface area contributed by atoms with Crippen molar-refractivity contribution < 1.29 is 14.4 Å². The Kier molecular flexibility index (Phi) is 6.57. The second-order valence-corrected chi connectivity index (χ2v) is 7.61. The Morgan fingerprint density at radius 1 is 1.29 bits per heavy atom. The zero-order valence-corrected chi connectivity index (χ0v) is 17.1. The van der Waals surface area contributed by atoms with E-state index in [0.29, 0.717) is 24.5 Å². The molecule has 148 valence electrons. The number of halogens is 1. The normalized spacial score (nSPS) is 15.9. The van der Waals surface area contributed by atoms with Crippen molar-refractivity contribution in [3.05, 3.63) is 64.7 Å². The highest BCUT2D eigenvalue weighted by molar-refractivity contribution is 6.30. The van der Waals surface area contributed by atoms with Gasteiger partial charge in [-0.15, -0.1) is 0 Å². The molecule has 6 heteroatoms. The lowest BCUT2D eigenvalue weighted by molar-refractivity contribution is -0.136. The molecular formula is C22H25ClN2O3. The summed E-state index contributed by atoms with van der Waals surface area (Å²) in [5.41, 5.74) is 2.75. The summed E-state index contributed by atoms with van der Waals surface area (Å²) in [6.45, 7) is 4.76. The van der Waals surface area contributed by atoms with Crippen LogP contribution in [0.1, 0.15) is 31.4 Å². The van der Waals surface area contributed by atoms with Crippen LogP contribution in [0.3, 0.4) is 0 Å². The van der Waals surface area contributed by atoms with Crippen molar-refractivity contribution >= 4 is 23.2 Å². The van der Waals surface area contributed by atoms with E-state index in [9.17, 15) is 4.79 Å². The molecule has 1 aliphatic heterocycles. The van der Waals surface area contributed by atoms with Crippen molar-refractivity contribution in [3.8, 4) is 5.75 Å². The Balaban J connectivity index is 1.71. The van der Waals surface area contributed by atoms with Crippen molar-refractivity contribution in [2.75, 3.05) is 13.7 Å². The molecule has 5 nitrogen and oxygen atoms in total. The predicted molar refractivity (Wildman–Crippen MR) is 111 cm³/mol. The third kappa shape index (κ3) is 4.84. The highest BCUT2D eigenvalue weighted by Gasteiger charge is 2.28. The molecule has 1 aliphatic rings. The second-order valence-electron chi connectivity index (χ2n) is 7.17. The molecule has 0 radical (unpaired) electrons. The highest BCUT2D eigenvalue weighted by Crippen LogP contribution is 2.25. The standard InChI is InChI=1S/C22H25ClN2O3/c1-15(2)22(26)25(13-16-7-6-8-17(23)11-16)14-18-12-20(24-28-18)19-9-4-5-10-21(19)27-3/h4-11,15,18H,12-14H2,1-3H3. The Morgan fingerprint density at radius 3 is 2.79 bits per heavy atom. The van der Waals surface area contributed by atoms with E-state index in [0.717, 1.165) is 22.6 Å². The Labute approximate surface area is 170 Å². The number of benzene rings is 2. The number of amides is 1. The summed E-state index contributed by atoms with van der Waals surface area (Å²) in [7, 11) is 1.64. The number of nitrogens with zero attached hydrogens (tertiary/aromatic N) is 2. The van der Waals surface area contributed by atoms with Gasteiger partial charge in [-0.3, -0.25) is 4.79 Å². The molecule has 0 saturated heterocycles. The zero-order valence-electron chi connectivity index (χ0n) is 16.4. The van der Waals surface area contributed by atoms with E-state index in [-0.39, 0.29) is 17.9 Å². The van der Waals surface area contributed by atoms with Crippen LogP contribution in [0.25, 0.3) is 0 Å². The number of methoxy groups -OCH3 is 1. The van der Waals surface area contributed by atoms with Crippen LogP contribution in [0.5, 0.6) is 5.75 Å². The van der Waals surface area contributed by atoms with Crippen LogP contribution in [0.15, 0.2) is 53.7 Å². The quantitative estimate of drug-likeness (QED) is 0.686. The van der Waals surface area contributed by atoms with Crippen LogP contribution >= 0.6 is 11.6 Å². The van der Waals surface area contributed by atoms with E-state index >= 15 is 0 Å². The van der Waals surface area contributed by atoms with E-state index in [4.69, 9.17) is 21.2 Å². The second kappa shape index (κ2) is 9.11. The maximum atomic E-state index is 12.8. The lowest BCUT2D eigenvalue weighted by Gasteiger charge is -2.26. The predicted octanol–water partition coefficient (Wildman–Crippen LogP) is 4.53. The summed E-state index contributed by atoms with van der Waals surface area (Å²) in [6.07, 6.45) is 0.430. The number of ether oxygens (including phenoxy) is 1. The van der Waals surface area contributed by atoms with Crippen LogP contribution in [-0.4, -0.2) is 36.3 Å². The fraction of sp³-hybridized carbons (Fsp3) is 0.364. The van der Waals surface area contributed by atoms with Crippen LogP contribution in [-0.2, 0) is 16.2 Å². The first kappa shape index (κ1) is 20.2. The summed E-state index contributed by atoms with van der Waals surface area (Å²) >= 11 is 6.10. The minimum absolute atomic E-state index is 0.0781. The number of carbonyl (C=O) groups is 1. The number of oxime groups is 1. The van der Waals surface area contributed by atoms with Gasteiger partial charge in [0.05, 0.1) is 19.4 Å². The fourth-order valence-corrected chi connectivity index (χ4v) is 3.48. The smallest absolute Gasteiger partial charge is 0.225 e. The first-order valence-corrected chi connectivity index (χ1v) is 9.75. The van der Waals surface area contributed by atoms with Gasteiger partial charge < -0.3 is 14.5 Å². The van der Waals surface area contributed by atoms with Gasteiger partial charge in [0.1, 0.15) is 5.75 Å². The number of carbonyl (C=O) groups excluding carboxylic acids is 1. The van der Waals surface area contributed by atoms with Crippen LogP contribution in [0.2, 0.25) is 5.02 Å². The highest BCUT2D eigenvalue weighted by atomic mass is 35.5. The molecule has 0 fully saturated rings. The van der Waals surface area contributed by atoms with E-state index in [1.54, 1.807) is 7.11 Å². The summed E-state index contributed by atoms with van der Waals surface area (Å²) < 4.78 is 5.42. The average molecular weight is 401 g/mol. The monoisotopic (exact) mass is 400 g/mol. The number of hydrogen-bond acceptors (Lipinski definition) is 4. The van der Waals surface area contributed by atoms with E-state index < -0.39 is 0 Å². The lowest BCUT2D eigenvalue weighted by atomic mass is 10.0. The van der Waals surface area contributed by atoms with Gasteiger partial charge in [-0.2, -0.15) is 0 Å². The van der Waals surface area contributed by atoms with Gasteiger partial charge in [-0.1, -0.05) is 54.9 Å². The van der Waals surface area contributed by atoms with E-state index in [2.05, 4.69) is 5.16 Å². The first-order chi connectivity index (χ1) is 13.5. The molecule has 1 heterocycles. The van der Waals surface area contributed by atoms with Crippen LogP contribution in [0, 0.1) is 5.92 Å². The number of hydrogen-bond donors (Lipinski definition) is 0. The summed E-state index contributed by atoms with van der Waals surface area (Å²) in [4.78, 5) is 20.2. The van der Waals surface area contributed by atoms with Crippen molar-refractivity contribution in [2.24, 2.45) is 11.1 Å². The summed E-state index contributed by atoms with van der Waals surface area (Å²) in [5.74, 6) is 0.740. The van der Waals surface area contributed by atoms with Gasteiger partial charge in [0, 0.05) is 29.5 Å². The van der Waals surface area contributed by atoms with Gasteiger partial charge >= 0.3 is 0 Å². The van der Waals surface area contributed by atoms with Crippen LogP contribution in [0.4, 0.5) is 0 Å². The topological polar surface area (TPSA) is 51.1 Å². The largest absolute Gasteiger partial charge is 0.496 e. The molecule has 1 unspecified atom stereocenters. The number of para-hydroxylation sites is 1. The van der Waals surface area contributed by atoms with Crippen molar-refractivity contribution in [1.82, 2.24) is 4.90 Å². The molecule has 28 heavy (non-hydrogen) atoms. The van der Waals surface area contributed by atoms with Gasteiger partial charge in [0.25, 0.3) is 0 Å². The lowest BCUT2D eigenvalue weighted by Crippen LogP contribution is -2.39. The number of rotatable bonds is 7. The molecular weight excluding hydrogens is 376 g/mol. The van der Waals surface area contributed by atoms with Crippen LogP contribution < -0.4 is 4.74 Å². The first-order valence-electron chi connectivity index (χ1n) is 9.37. The zero-order chi connectivity index (χ0) is 20.1. The molecule has 2 aromatic carbocycles. The van der Waals surface area contributed by atoms with Gasteiger partial charge in [-0.25, -0.2) is 0 Å². The molecule has 0 N–H and O–H groups in total. The molecule has 1 amide bonds. The van der Waals surface area contributed by atoms with Gasteiger partial charge in [0.2, 0.25) is 5.91 Å². The Bertz CT molecular complexity index is 866. The summed E-state index contributed by atoms with van der Waals surface area (Å²) in [5, 5.41) is 4.91. The SMILES string of the molecule is COc1ccccc1C1=NOC(CN(Cc2cccc(Cl)c2)C(=O)C(C)C)C1. The van der Waals surface area contributed by atoms with Crippen molar-refractivity contribution in [2.45, 2.75) is 32.9 Å². The average Bonchev–Trinajstić information content (AvgIpc) is 3.15. The van der Waals surface area contributed by atoms with E-state index in [1.807, 2.05) is 67.3 Å². The molecule has 1 atom stereocenters. The maximum Gasteiger partial charge on any atom is 0.225 e. The minimum atomic E-state index is -0.193. The van der Waals surface area contributed by atoms with Crippen molar-refractivity contribution in [3.63, 3.8) is 0 Å². The van der Waals surface area contributed by atoms with E-state index in [1.165, 1.54) is 0 Å². The molecule has 0 bridgehead atoms. The fourth-order valence-electron chi connectivity index (χ4n) is 3.27. The molecule has 0 aliphatic carbocycles. The third-order valence-electron chi connectivity index (χ3n) is 4.64. The van der Waals surface area contributed by atoms with Gasteiger partial charge in [0.15, 0.2) is 6.10 Å². The molecule has 2 aromatic rings. The molecule has 0 saturated carbocycles. The summed E-state index contributed by atoms with van der Waals surface area (Å²) in [6, 6.07) is 15.3. The van der Waals surface area contributed by atoms with Crippen molar-refractivity contribution in [1.29, 1.82) is 0 Å². The Morgan fingerprint density at radius 2 is 2.07 bits per heavy atom. The minimum Gasteiger partial charge on any atom is -0.496 e. The van der Waals surface area contributed by atoms with Gasteiger partial charge in [-0.05, 0) is 29.8 Å². The third-order valence-corrected chi connectivity index (χ3v) is 4.88. The molecule has 0 aromatic heterocycles.